The van der Waals surface area contributed by atoms with Gasteiger partial charge in [-0.2, -0.15) is 0 Å². The van der Waals surface area contributed by atoms with Crippen molar-refractivity contribution >= 4 is 34.8 Å². The molecule has 4 nitrogen and oxygen atoms in total. The zero-order valence-corrected chi connectivity index (χ0v) is 12.2. The first-order chi connectivity index (χ1) is 9.54. The number of aryl methyl sites for hydroxylation is 1. The molecule has 6 heteroatoms. The number of carbonyl (C=O) groups excluding carboxylic acids is 1. The smallest absolute Gasteiger partial charge is 0.262 e. The first-order valence-corrected chi connectivity index (χ1v) is 6.59. The molecule has 0 aliphatic heterocycles. The van der Waals surface area contributed by atoms with Gasteiger partial charge in [0.1, 0.15) is 5.75 Å². The van der Waals surface area contributed by atoms with E-state index in [1.807, 2.05) is 13.0 Å². The number of carbonyl (C=O) groups is 1. The third-order valence-corrected chi connectivity index (χ3v) is 2.94. The van der Waals surface area contributed by atoms with E-state index in [1.165, 1.54) is 0 Å². The molecule has 0 saturated heterocycles. The summed E-state index contributed by atoms with van der Waals surface area (Å²) in [7, 11) is 0. The molecule has 0 saturated carbocycles. The predicted octanol–water partition coefficient (Wildman–Crippen LogP) is 3.71. The molecular formula is C14H12Cl2N2O2. The molecule has 20 heavy (non-hydrogen) atoms. The second-order valence-corrected chi connectivity index (χ2v) is 5.01. The molecular weight excluding hydrogens is 299 g/mol. The number of anilines is 1. The monoisotopic (exact) mass is 310 g/mol. The fourth-order valence-corrected chi connectivity index (χ4v) is 2.02. The van der Waals surface area contributed by atoms with Crippen LogP contribution in [0.5, 0.6) is 5.75 Å². The van der Waals surface area contributed by atoms with Crippen LogP contribution < -0.4 is 10.1 Å². The number of nitrogens with zero attached hydrogens (tertiary/aromatic N) is 1. The molecule has 0 aliphatic carbocycles. The summed E-state index contributed by atoms with van der Waals surface area (Å²) >= 11 is 11.7. The van der Waals surface area contributed by atoms with E-state index in [0.29, 0.717) is 21.5 Å². The first kappa shape index (κ1) is 14.6. The lowest BCUT2D eigenvalue weighted by Crippen LogP contribution is -2.20. The van der Waals surface area contributed by atoms with Crippen molar-refractivity contribution in [1.29, 1.82) is 0 Å². The highest BCUT2D eigenvalue weighted by Gasteiger charge is 2.07. The molecule has 2 rings (SSSR count). The normalized spacial score (nSPS) is 10.2. The van der Waals surface area contributed by atoms with Gasteiger partial charge < -0.3 is 10.1 Å². The summed E-state index contributed by atoms with van der Waals surface area (Å²) in [6.07, 6.45) is 3.28. The minimum absolute atomic E-state index is 0.144. The molecule has 0 aliphatic rings. The van der Waals surface area contributed by atoms with Gasteiger partial charge in [0, 0.05) is 11.2 Å². The zero-order chi connectivity index (χ0) is 14.5. The number of hydrogen-bond donors (Lipinski definition) is 1. The van der Waals surface area contributed by atoms with Crippen molar-refractivity contribution in [3.8, 4) is 5.75 Å². The summed E-state index contributed by atoms with van der Waals surface area (Å²) in [4.78, 5) is 15.7. The maximum absolute atomic E-state index is 11.7. The van der Waals surface area contributed by atoms with Gasteiger partial charge in [-0.1, -0.05) is 23.2 Å². The van der Waals surface area contributed by atoms with Crippen LogP contribution >= 0.6 is 23.2 Å². The van der Waals surface area contributed by atoms with Crippen molar-refractivity contribution < 1.29 is 9.53 Å². The van der Waals surface area contributed by atoms with Crippen LogP contribution in [-0.2, 0) is 4.79 Å². The molecule has 104 valence electrons. The molecule has 0 unspecified atom stereocenters. The number of hydrogen-bond acceptors (Lipinski definition) is 3. The fraction of sp³-hybridized carbons (Fsp3) is 0.143. The van der Waals surface area contributed by atoms with Gasteiger partial charge in [-0.25, -0.2) is 0 Å². The molecule has 0 fully saturated rings. The highest BCUT2D eigenvalue weighted by molar-refractivity contribution is 6.35. The van der Waals surface area contributed by atoms with E-state index >= 15 is 0 Å². The lowest BCUT2D eigenvalue weighted by atomic mass is 10.3. The molecule has 1 heterocycles. The number of ether oxygens (including phenoxy) is 1. The Morgan fingerprint density at radius 2 is 2.10 bits per heavy atom. The van der Waals surface area contributed by atoms with Gasteiger partial charge in [-0.05, 0) is 36.8 Å². The number of rotatable bonds is 4. The van der Waals surface area contributed by atoms with E-state index in [-0.39, 0.29) is 12.5 Å². The molecule has 1 aromatic heterocycles. The van der Waals surface area contributed by atoms with Crippen molar-refractivity contribution in [3.63, 3.8) is 0 Å². The Morgan fingerprint density at radius 3 is 2.80 bits per heavy atom. The number of nitrogens with one attached hydrogen (secondary N) is 1. The average molecular weight is 311 g/mol. The van der Waals surface area contributed by atoms with Crippen LogP contribution in [-0.4, -0.2) is 17.5 Å². The summed E-state index contributed by atoms with van der Waals surface area (Å²) in [5.41, 5.74) is 1.59. The van der Waals surface area contributed by atoms with Gasteiger partial charge in [0.05, 0.1) is 16.9 Å². The molecule has 0 spiro atoms. The van der Waals surface area contributed by atoms with E-state index < -0.39 is 0 Å². The second kappa shape index (κ2) is 6.59. The molecule has 1 aromatic carbocycles. The standard InChI is InChI=1S/C14H12Cl2N2O2/c1-9-4-11(7-17-6-9)18-14(19)8-20-13-3-2-10(15)5-12(13)16/h2-7H,8H2,1H3,(H,18,19). The van der Waals surface area contributed by atoms with Crippen LogP contribution in [0.2, 0.25) is 10.0 Å². The maximum Gasteiger partial charge on any atom is 0.262 e. The Hall–Kier alpha value is -1.78. The van der Waals surface area contributed by atoms with Crippen molar-refractivity contribution in [2.45, 2.75) is 6.92 Å². The van der Waals surface area contributed by atoms with Crippen molar-refractivity contribution in [2.75, 3.05) is 11.9 Å². The largest absolute Gasteiger partial charge is 0.482 e. The van der Waals surface area contributed by atoms with Crippen LogP contribution in [0.15, 0.2) is 36.7 Å². The average Bonchev–Trinajstić information content (AvgIpc) is 2.37. The van der Waals surface area contributed by atoms with E-state index in [1.54, 1.807) is 30.6 Å². The Bertz CT molecular complexity index is 632. The van der Waals surface area contributed by atoms with Gasteiger partial charge >= 0.3 is 0 Å². The molecule has 0 bridgehead atoms. The van der Waals surface area contributed by atoms with E-state index in [4.69, 9.17) is 27.9 Å². The zero-order valence-electron chi connectivity index (χ0n) is 10.7. The molecule has 1 N–H and O–H groups in total. The quantitative estimate of drug-likeness (QED) is 0.936. The van der Waals surface area contributed by atoms with E-state index in [9.17, 15) is 4.79 Å². The molecule has 0 atom stereocenters. The Labute approximate surface area is 126 Å². The molecule has 1 amide bonds. The third kappa shape index (κ3) is 4.11. The number of benzene rings is 1. The number of pyridine rings is 1. The summed E-state index contributed by atoms with van der Waals surface area (Å²) in [6.45, 7) is 1.75. The van der Waals surface area contributed by atoms with Crippen LogP contribution in [0.3, 0.4) is 0 Å². The Morgan fingerprint density at radius 1 is 1.30 bits per heavy atom. The highest BCUT2D eigenvalue weighted by atomic mass is 35.5. The maximum atomic E-state index is 11.7. The Kier molecular flexibility index (Phi) is 4.82. The number of amides is 1. The number of aromatic nitrogens is 1. The van der Waals surface area contributed by atoms with Crippen LogP contribution in [0.1, 0.15) is 5.56 Å². The van der Waals surface area contributed by atoms with Gasteiger partial charge in [-0.3, -0.25) is 9.78 Å². The van der Waals surface area contributed by atoms with E-state index in [2.05, 4.69) is 10.3 Å². The van der Waals surface area contributed by atoms with Crippen LogP contribution in [0.4, 0.5) is 5.69 Å². The minimum atomic E-state index is -0.289. The highest BCUT2D eigenvalue weighted by Crippen LogP contribution is 2.27. The third-order valence-electron chi connectivity index (χ3n) is 2.41. The summed E-state index contributed by atoms with van der Waals surface area (Å²) in [5, 5.41) is 3.56. The SMILES string of the molecule is Cc1cncc(NC(=O)COc2ccc(Cl)cc2Cl)c1. The summed E-state index contributed by atoms with van der Waals surface area (Å²) < 4.78 is 5.33. The number of halogens is 2. The first-order valence-electron chi connectivity index (χ1n) is 5.84. The van der Waals surface area contributed by atoms with Crippen molar-refractivity contribution in [3.05, 3.63) is 52.3 Å². The second-order valence-electron chi connectivity index (χ2n) is 4.16. The molecule has 0 radical (unpaired) electrons. The van der Waals surface area contributed by atoms with Crippen molar-refractivity contribution in [2.24, 2.45) is 0 Å². The topological polar surface area (TPSA) is 51.2 Å². The summed E-state index contributed by atoms with van der Waals surface area (Å²) in [6, 6.07) is 6.64. The van der Waals surface area contributed by atoms with Gasteiger partial charge in [-0.15, -0.1) is 0 Å². The minimum Gasteiger partial charge on any atom is -0.482 e. The van der Waals surface area contributed by atoms with Crippen LogP contribution in [0, 0.1) is 6.92 Å². The van der Waals surface area contributed by atoms with Crippen LogP contribution in [0.25, 0.3) is 0 Å². The van der Waals surface area contributed by atoms with Gasteiger partial charge in [0.2, 0.25) is 0 Å². The summed E-state index contributed by atoms with van der Waals surface area (Å²) in [5.74, 6) is 0.122. The fourth-order valence-electron chi connectivity index (χ4n) is 1.56. The molecule has 2 aromatic rings. The lowest BCUT2D eigenvalue weighted by molar-refractivity contribution is -0.118. The predicted molar refractivity (Wildman–Crippen MR) is 79.6 cm³/mol. The van der Waals surface area contributed by atoms with E-state index in [0.717, 1.165) is 5.56 Å². The lowest BCUT2D eigenvalue weighted by Gasteiger charge is -2.09. The Balaban J connectivity index is 1.92. The van der Waals surface area contributed by atoms with Gasteiger partial charge in [0.25, 0.3) is 5.91 Å². The van der Waals surface area contributed by atoms with Gasteiger partial charge in [0.15, 0.2) is 6.61 Å². The van der Waals surface area contributed by atoms with Crippen molar-refractivity contribution in [1.82, 2.24) is 4.98 Å².